The quantitative estimate of drug-likeness (QED) is 0.862. The molecule has 1 aliphatic heterocycles. The highest BCUT2D eigenvalue weighted by atomic mass is 32.1. The monoisotopic (exact) mass is 333 g/mol. The summed E-state index contributed by atoms with van der Waals surface area (Å²) in [5.74, 6) is 1.42. The van der Waals surface area contributed by atoms with E-state index in [4.69, 9.17) is 4.42 Å². The predicted molar refractivity (Wildman–Crippen MR) is 91.7 cm³/mol. The van der Waals surface area contributed by atoms with Crippen LogP contribution in [-0.2, 0) is 0 Å². The Hall–Kier alpha value is -1.66. The Morgan fingerprint density at radius 1 is 1.35 bits per heavy atom. The third kappa shape index (κ3) is 3.64. The Morgan fingerprint density at radius 2 is 2.09 bits per heavy atom. The van der Waals surface area contributed by atoms with E-state index in [-0.39, 0.29) is 5.91 Å². The number of amides is 1. The molecule has 0 saturated carbocycles. The molecule has 0 N–H and O–H groups in total. The van der Waals surface area contributed by atoms with Crippen LogP contribution in [0.4, 0.5) is 0 Å². The molecular weight excluding hydrogens is 310 g/mol. The number of carbonyl (C=O) groups is 1. The summed E-state index contributed by atoms with van der Waals surface area (Å²) in [7, 11) is 0. The Kier molecular flexibility index (Phi) is 4.82. The molecule has 6 heteroatoms. The van der Waals surface area contributed by atoms with Crippen molar-refractivity contribution in [2.75, 3.05) is 32.7 Å². The van der Waals surface area contributed by atoms with Crippen LogP contribution in [0.25, 0.3) is 10.8 Å². The Labute approximate surface area is 140 Å². The van der Waals surface area contributed by atoms with Gasteiger partial charge in [-0.15, -0.1) is 11.3 Å². The molecule has 2 aromatic rings. The van der Waals surface area contributed by atoms with Crippen molar-refractivity contribution in [2.24, 2.45) is 5.92 Å². The van der Waals surface area contributed by atoms with Gasteiger partial charge in [0.25, 0.3) is 5.91 Å². The lowest BCUT2D eigenvalue weighted by Gasteiger charge is -2.35. The summed E-state index contributed by atoms with van der Waals surface area (Å²) in [5.41, 5.74) is 0.568. The van der Waals surface area contributed by atoms with Gasteiger partial charge in [-0.25, -0.2) is 4.98 Å². The van der Waals surface area contributed by atoms with E-state index in [0.717, 1.165) is 48.4 Å². The summed E-state index contributed by atoms with van der Waals surface area (Å²) in [5, 5.41) is 0.772. The van der Waals surface area contributed by atoms with Crippen molar-refractivity contribution < 1.29 is 9.21 Å². The van der Waals surface area contributed by atoms with Crippen molar-refractivity contribution in [2.45, 2.75) is 20.8 Å². The van der Waals surface area contributed by atoms with Gasteiger partial charge in [-0.2, -0.15) is 0 Å². The number of furan rings is 1. The molecule has 0 bridgehead atoms. The Balaban J connectivity index is 1.67. The van der Waals surface area contributed by atoms with E-state index in [1.807, 2.05) is 24.0 Å². The largest absolute Gasteiger partial charge is 0.462 e. The van der Waals surface area contributed by atoms with E-state index < -0.39 is 0 Å². The van der Waals surface area contributed by atoms with Gasteiger partial charge in [-0.1, -0.05) is 13.8 Å². The highest BCUT2D eigenvalue weighted by Gasteiger charge is 2.26. The van der Waals surface area contributed by atoms with Crippen LogP contribution < -0.4 is 0 Å². The zero-order chi connectivity index (χ0) is 16.4. The first-order chi connectivity index (χ1) is 11.0. The van der Waals surface area contributed by atoms with Gasteiger partial charge in [0.05, 0.1) is 6.26 Å². The minimum atomic E-state index is 0.0424. The fraction of sp³-hybridized carbons (Fsp3) is 0.529. The fourth-order valence-corrected chi connectivity index (χ4v) is 3.77. The van der Waals surface area contributed by atoms with Crippen molar-refractivity contribution in [3.8, 4) is 10.8 Å². The highest BCUT2D eigenvalue weighted by molar-refractivity contribution is 7.15. The van der Waals surface area contributed by atoms with Crippen LogP contribution in [0.5, 0.6) is 0 Å². The second kappa shape index (κ2) is 6.84. The summed E-state index contributed by atoms with van der Waals surface area (Å²) < 4.78 is 5.38. The first-order valence-corrected chi connectivity index (χ1v) is 8.89. The number of piperazine rings is 1. The van der Waals surface area contributed by atoms with Crippen LogP contribution >= 0.6 is 11.3 Å². The van der Waals surface area contributed by atoms with Crippen LogP contribution in [0.15, 0.2) is 22.8 Å². The second-order valence-electron chi connectivity index (χ2n) is 6.39. The molecule has 3 heterocycles. The van der Waals surface area contributed by atoms with E-state index in [1.165, 1.54) is 11.3 Å². The van der Waals surface area contributed by atoms with E-state index in [1.54, 1.807) is 6.26 Å². The smallest absolute Gasteiger partial charge is 0.273 e. The number of hydrogen-bond acceptors (Lipinski definition) is 5. The predicted octanol–water partition coefficient (Wildman–Crippen LogP) is 3.13. The van der Waals surface area contributed by atoms with Crippen molar-refractivity contribution in [3.05, 3.63) is 29.0 Å². The van der Waals surface area contributed by atoms with Gasteiger partial charge in [0.1, 0.15) is 5.69 Å². The number of aryl methyl sites for hydroxylation is 1. The SMILES string of the molecule is Cc1sc(-c2ccco2)nc1C(=O)N1CCN(CC(C)C)CC1. The summed E-state index contributed by atoms with van der Waals surface area (Å²) in [6.07, 6.45) is 1.63. The lowest BCUT2D eigenvalue weighted by Crippen LogP contribution is -2.49. The number of hydrogen-bond donors (Lipinski definition) is 0. The standard InChI is InChI=1S/C17H23N3O2S/c1-12(2)11-19-6-8-20(9-7-19)17(21)15-13(3)23-16(18-15)14-5-4-10-22-14/h4-5,10,12H,6-9,11H2,1-3H3. The maximum atomic E-state index is 12.8. The molecule has 1 amide bonds. The van der Waals surface area contributed by atoms with Gasteiger partial charge in [-0.05, 0) is 25.0 Å². The molecule has 2 aromatic heterocycles. The Morgan fingerprint density at radius 3 is 2.70 bits per heavy atom. The molecule has 0 atom stereocenters. The number of aromatic nitrogens is 1. The van der Waals surface area contributed by atoms with Gasteiger partial charge in [-0.3, -0.25) is 9.69 Å². The van der Waals surface area contributed by atoms with Crippen LogP contribution in [0.3, 0.4) is 0 Å². The molecule has 0 aromatic carbocycles. The van der Waals surface area contributed by atoms with Crippen LogP contribution in [0.2, 0.25) is 0 Å². The normalized spacial score (nSPS) is 16.3. The van der Waals surface area contributed by atoms with Crippen molar-refractivity contribution in [1.29, 1.82) is 0 Å². The van der Waals surface area contributed by atoms with Crippen molar-refractivity contribution in [3.63, 3.8) is 0 Å². The molecule has 124 valence electrons. The van der Waals surface area contributed by atoms with Crippen LogP contribution in [0.1, 0.15) is 29.2 Å². The third-order valence-corrected chi connectivity index (χ3v) is 5.00. The molecule has 5 nitrogen and oxygen atoms in total. The number of rotatable bonds is 4. The minimum absolute atomic E-state index is 0.0424. The second-order valence-corrected chi connectivity index (χ2v) is 7.59. The first kappa shape index (κ1) is 16.2. The molecule has 0 unspecified atom stereocenters. The van der Waals surface area contributed by atoms with Gasteiger partial charge in [0.2, 0.25) is 0 Å². The molecule has 0 radical (unpaired) electrons. The maximum Gasteiger partial charge on any atom is 0.273 e. The zero-order valence-corrected chi connectivity index (χ0v) is 14.7. The summed E-state index contributed by atoms with van der Waals surface area (Å²) in [4.78, 5) is 22.6. The Bertz CT molecular complexity index is 655. The lowest BCUT2D eigenvalue weighted by molar-refractivity contribution is 0.0618. The molecular formula is C17H23N3O2S. The van der Waals surface area contributed by atoms with Gasteiger partial charge < -0.3 is 9.32 Å². The molecule has 1 aliphatic rings. The molecule has 0 spiro atoms. The highest BCUT2D eigenvalue weighted by Crippen LogP contribution is 2.28. The molecule has 0 aliphatic carbocycles. The van der Waals surface area contributed by atoms with E-state index in [9.17, 15) is 4.79 Å². The number of nitrogens with zero attached hydrogens (tertiary/aromatic N) is 3. The van der Waals surface area contributed by atoms with Gasteiger partial charge >= 0.3 is 0 Å². The third-order valence-electron chi connectivity index (χ3n) is 4.01. The minimum Gasteiger partial charge on any atom is -0.462 e. The maximum absolute atomic E-state index is 12.8. The van der Waals surface area contributed by atoms with Gasteiger partial charge in [0, 0.05) is 37.6 Å². The fourth-order valence-electron chi connectivity index (χ4n) is 2.90. The van der Waals surface area contributed by atoms with Crippen molar-refractivity contribution in [1.82, 2.24) is 14.8 Å². The van der Waals surface area contributed by atoms with Crippen LogP contribution in [0, 0.1) is 12.8 Å². The molecule has 1 fully saturated rings. The zero-order valence-electron chi connectivity index (χ0n) is 13.9. The van der Waals surface area contributed by atoms with Crippen molar-refractivity contribution >= 4 is 17.2 Å². The van der Waals surface area contributed by atoms with E-state index in [2.05, 4.69) is 23.7 Å². The molecule has 23 heavy (non-hydrogen) atoms. The number of thiazole rings is 1. The summed E-state index contributed by atoms with van der Waals surface area (Å²) in [6, 6.07) is 3.71. The first-order valence-electron chi connectivity index (χ1n) is 8.07. The van der Waals surface area contributed by atoms with Crippen LogP contribution in [-0.4, -0.2) is 53.4 Å². The summed E-state index contributed by atoms with van der Waals surface area (Å²) in [6.45, 7) is 10.9. The average Bonchev–Trinajstić information content (AvgIpc) is 3.16. The average molecular weight is 333 g/mol. The van der Waals surface area contributed by atoms with Gasteiger partial charge in [0.15, 0.2) is 10.8 Å². The lowest BCUT2D eigenvalue weighted by atomic mass is 10.2. The topological polar surface area (TPSA) is 49.6 Å². The summed E-state index contributed by atoms with van der Waals surface area (Å²) >= 11 is 1.51. The van der Waals surface area contributed by atoms with E-state index in [0.29, 0.717) is 11.6 Å². The molecule has 3 rings (SSSR count). The number of carbonyl (C=O) groups excluding carboxylic acids is 1. The van der Waals surface area contributed by atoms with E-state index >= 15 is 0 Å². The molecule has 1 saturated heterocycles.